The van der Waals surface area contributed by atoms with E-state index in [9.17, 15) is 0 Å². The van der Waals surface area contributed by atoms with Crippen LogP contribution in [0.15, 0.2) is 48.5 Å². The van der Waals surface area contributed by atoms with Crippen molar-refractivity contribution in [3.8, 4) is 0 Å². The van der Waals surface area contributed by atoms with Gasteiger partial charge in [-0.25, -0.2) is 0 Å². The van der Waals surface area contributed by atoms with E-state index in [0.29, 0.717) is 0 Å². The molecule has 0 aliphatic heterocycles. The number of anilines is 2. The Morgan fingerprint density at radius 2 is 0.733 bits per heavy atom. The lowest BCUT2D eigenvalue weighted by Crippen LogP contribution is -2.24. The molecule has 0 fully saturated rings. The van der Waals surface area contributed by atoms with Gasteiger partial charge in [0.15, 0.2) is 0 Å². The van der Waals surface area contributed by atoms with Crippen molar-refractivity contribution in [2.75, 3.05) is 11.5 Å². The number of benzene rings is 3. The molecule has 0 saturated heterocycles. The van der Waals surface area contributed by atoms with E-state index in [0.717, 1.165) is 11.4 Å². The summed E-state index contributed by atoms with van der Waals surface area (Å²) in [6.45, 7) is 17.8. The molecule has 0 spiro atoms. The van der Waals surface area contributed by atoms with Gasteiger partial charge in [0.05, 0.1) is 0 Å². The van der Waals surface area contributed by atoms with Gasteiger partial charge in [-0.1, -0.05) is 52.0 Å². The van der Waals surface area contributed by atoms with Crippen LogP contribution in [0.5, 0.6) is 0 Å². The lowest BCUT2D eigenvalue weighted by molar-refractivity contribution is 0.617. The number of hydrogen-bond donors (Lipinski definition) is 2. The van der Waals surface area contributed by atoms with E-state index in [1.54, 1.807) is 0 Å². The van der Waals surface area contributed by atoms with E-state index in [1.807, 2.05) is 0 Å². The number of nitrogens with two attached hydrogens (primary N) is 2. The molecule has 0 unspecified atom stereocenters. The molecule has 4 N–H and O–H groups in total. The Labute approximate surface area is 182 Å². The molecular formula is C28H36N2. The third-order valence-electron chi connectivity index (χ3n) is 6.69. The van der Waals surface area contributed by atoms with E-state index >= 15 is 0 Å². The molecule has 0 heterocycles. The lowest BCUT2D eigenvalue weighted by Gasteiger charge is -2.33. The van der Waals surface area contributed by atoms with Crippen molar-refractivity contribution in [1.82, 2.24) is 0 Å². The van der Waals surface area contributed by atoms with Crippen LogP contribution in [0.1, 0.15) is 72.2 Å². The number of rotatable bonds is 4. The van der Waals surface area contributed by atoms with Gasteiger partial charge in [-0.15, -0.1) is 0 Å². The SMILES string of the molecule is Cc1cc(N)cc(C)c1C(C)(C)c1ccc(C(C)(C)c2c(C)cc(N)cc2C)cc1. The Balaban J connectivity index is 2.05. The summed E-state index contributed by atoms with van der Waals surface area (Å²) in [6.07, 6.45) is 0. The molecule has 3 aromatic carbocycles. The van der Waals surface area contributed by atoms with Crippen molar-refractivity contribution >= 4 is 11.4 Å². The van der Waals surface area contributed by atoms with Gasteiger partial charge in [0.25, 0.3) is 0 Å². The second-order valence-corrected chi connectivity index (χ2v) is 9.89. The standard InChI is InChI=1S/C28H36N2/c1-17-13-23(29)14-18(2)25(17)27(5,6)21-9-11-22(12-10-21)28(7,8)26-19(3)15-24(30)16-20(26)4/h9-16H,29-30H2,1-8H3. The molecule has 0 aliphatic carbocycles. The third kappa shape index (κ3) is 3.71. The van der Waals surface area contributed by atoms with Crippen LogP contribution in [0.2, 0.25) is 0 Å². The zero-order chi connectivity index (χ0) is 22.4. The summed E-state index contributed by atoms with van der Waals surface area (Å²) in [6, 6.07) is 17.5. The second-order valence-electron chi connectivity index (χ2n) is 9.89. The van der Waals surface area contributed by atoms with Crippen LogP contribution in [0.3, 0.4) is 0 Å². The summed E-state index contributed by atoms with van der Waals surface area (Å²) < 4.78 is 0. The van der Waals surface area contributed by atoms with Gasteiger partial charge >= 0.3 is 0 Å². The molecular weight excluding hydrogens is 364 g/mol. The highest BCUT2D eigenvalue weighted by molar-refractivity contribution is 5.56. The fraction of sp³-hybridized carbons (Fsp3) is 0.357. The highest BCUT2D eigenvalue weighted by atomic mass is 14.5. The first kappa shape index (κ1) is 22.0. The predicted octanol–water partition coefficient (Wildman–Crippen LogP) is 6.74. The molecule has 0 aromatic heterocycles. The van der Waals surface area contributed by atoms with Gasteiger partial charge in [0.2, 0.25) is 0 Å². The topological polar surface area (TPSA) is 52.0 Å². The Kier molecular flexibility index (Phi) is 5.49. The predicted molar refractivity (Wildman–Crippen MR) is 131 cm³/mol. The molecule has 0 atom stereocenters. The zero-order valence-electron chi connectivity index (χ0n) is 19.8. The number of hydrogen-bond acceptors (Lipinski definition) is 2. The minimum absolute atomic E-state index is 0.0996. The van der Waals surface area contributed by atoms with Crippen LogP contribution in [0.4, 0.5) is 11.4 Å². The monoisotopic (exact) mass is 400 g/mol. The van der Waals surface area contributed by atoms with E-state index in [2.05, 4.69) is 104 Å². The average molecular weight is 401 g/mol. The van der Waals surface area contributed by atoms with Crippen LogP contribution >= 0.6 is 0 Å². The summed E-state index contributed by atoms with van der Waals surface area (Å²) in [4.78, 5) is 0. The second kappa shape index (κ2) is 7.50. The van der Waals surface area contributed by atoms with Crippen LogP contribution in [0.25, 0.3) is 0 Å². The third-order valence-corrected chi connectivity index (χ3v) is 6.69. The van der Waals surface area contributed by atoms with Gasteiger partial charge < -0.3 is 11.5 Å². The van der Waals surface area contributed by atoms with Crippen molar-refractivity contribution in [3.05, 3.63) is 93.0 Å². The molecule has 0 radical (unpaired) electrons. The molecule has 3 rings (SSSR count). The van der Waals surface area contributed by atoms with Crippen LogP contribution in [0, 0.1) is 27.7 Å². The first-order valence-corrected chi connectivity index (χ1v) is 10.7. The van der Waals surface area contributed by atoms with Crippen LogP contribution in [-0.4, -0.2) is 0 Å². The maximum atomic E-state index is 6.06. The first-order chi connectivity index (χ1) is 13.9. The summed E-state index contributed by atoms with van der Waals surface area (Å²) >= 11 is 0. The Hall–Kier alpha value is -2.74. The van der Waals surface area contributed by atoms with E-state index < -0.39 is 0 Å². The number of aryl methyl sites for hydroxylation is 4. The maximum absolute atomic E-state index is 6.06. The maximum Gasteiger partial charge on any atom is 0.0319 e. The highest BCUT2D eigenvalue weighted by Gasteiger charge is 2.30. The zero-order valence-corrected chi connectivity index (χ0v) is 19.8. The molecule has 0 aliphatic rings. The van der Waals surface area contributed by atoms with E-state index in [4.69, 9.17) is 11.5 Å². The molecule has 2 heteroatoms. The van der Waals surface area contributed by atoms with Crippen LogP contribution in [-0.2, 0) is 10.8 Å². The Morgan fingerprint density at radius 3 is 0.967 bits per heavy atom. The van der Waals surface area contributed by atoms with Gasteiger partial charge in [-0.3, -0.25) is 0 Å². The fourth-order valence-corrected chi connectivity index (χ4v) is 5.56. The van der Waals surface area contributed by atoms with Crippen molar-refractivity contribution < 1.29 is 0 Å². The molecule has 158 valence electrons. The molecule has 2 nitrogen and oxygen atoms in total. The first-order valence-electron chi connectivity index (χ1n) is 10.7. The average Bonchev–Trinajstić information content (AvgIpc) is 2.59. The quantitative estimate of drug-likeness (QED) is 0.477. The fourth-order valence-electron chi connectivity index (χ4n) is 5.56. The molecule has 0 bridgehead atoms. The van der Waals surface area contributed by atoms with Crippen LogP contribution < -0.4 is 11.5 Å². The van der Waals surface area contributed by atoms with Gasteiger partial charge in [-0.05, 0) is 96.5 Å². The molecule has 0 amide bonds. The van der Waals surface area contributed by atoms with Crippen molar-refractivity contribution in [1.29, 1.82) is 0 Å². The van der Waals surface area contributed by atoms with Gasteiger partial charge in [-0.2, -0.15) is 0 Å². The summed E-state index contributed by atoms with van der Waals surface area (Å²) in [5.74, 6) is 0. The molecule has 3 aromatic rings. The summed E-state index contributed by atoms with van der Waals surface area (Å²) in [5.41, 5.74) is 23.9. The van der Waals surface area contributed by atoms with Gasteiger partial charge in [0.1, 0.15) is 0 Å². The Bertz CT molecular complexity index is 952. The van der Waals surface area contributed by atoms with Crippen molar-refractivity contribution in [3.63, 3.8) is 0 Å². The van der Waals surface area contributed by atoms with Gasteiger partial charge in [0, 0.05) is 22.2 Å². The van der Waals surface area contributed by atoms with E-state index in [-0.39, 0.29) is 10.8 Å². The largest absolute Gasteiger partial charge is 0.399 e. The highest BCUT2D eigenvalue weighted by Crippen LogP contribution is 2.40. The van der Waals surface area contributed by atoms with Crippen molar-refractivity contribution in [2.24, 2.45) is 0 Å². The number of nitrogen functional groups attached to an aromatic ring is 2. The smallest absolute Gasteiger partial charge is 0.0319 e. The summed E-state index contributed by atoms with van der Waals surface area (Å²) in [7, 11) is 0. The minimum Gasteiger partial charge on any atom is -0.399 e. The minimum atomic E-state index is -0.0996. The molecule has 0 saturated carbocycles. The Morgan fingerprint density at radius 1 is 0.500 bits per heavy atom. The summed E-state index contributed by atoms with van der Waals surface area (Å²) in [5, 5.41) is 0. The van der Waals surface area contributed by atoms with E-state index in [1.165, 1.54) is 44.5 Å². The lowest BCUT2D eigenvalue weighted by atomic mass is 9.71. The van der Waals surface area contributed by atoms with Crippen molar-refractivity contribution in [2.45, 2.75) is 66.2 Å². The normalized spacial score (nSPS) is 12.3. The molecule has 30 heavy (non-hydrogen) atoms.